The monoisotopic (exact) mass is 252 g/mol. The van der Waals surface area contributed by atoms with E-state index in [2.05, 4.69) is 5.10 Å². The molecule has 1 heterocycles. The van der Waals surface area contributed by atoms with Gasteiger partial charge in [-0.25, -0.2) is 4.68 Å². The van der Waals surface area contributed by atoms with E-state index >= 15 is 0 Å². The number of rotatable bonds is 4. The lowest BCUT2D eigenvalue weighted by molar-refractivity contribution is 0.296. The lowest BCUT2D eigenvalue weighted by atomic mass is 10.2. The largest absolute Gasteiger partial charge is 0.481 e. The minimum Gasteiger partial charge on any atom is -0.481 e. The van der Waals surface area contributed by atoms with E-state index in [1.54, 1.807) is 30.1 Å². The van der Waals surface area contributed by atoms with E-state index in [9.17, 15) is 0 Å². The van der Waals surface area contributed by atoms with Crippen molar-refractivity contribution in [1.82, 2.24) is 9.78 Å². The summed E-state index contributed by atoms with van der Waals surface area (Å²) in [4.78, 5) is 0. The van der Waals surface area contributed by atoms with Crippen LogP contribution in [-0.2, 0) is 6.42 Å². The zero-order valence-electron chi connectivity index (χ0n) is 9.43. The fourth-order valence-electron chi connectivity index (χ4n) is 1.65. The first-order valence-electron chi connectivity index (χ1n) is 5.24. The Morgan fingerprint density at radius 2 is 2.06 bits per heavy atom. The van der Waals surface area contributed by atoms with E-state index in [4.69, 9.17) is 21.4 Å². The highest BCUT2D eigenvalue weighted by Crippen LogP contribution is 2.23. The van der Waals surface area contributed by atoms with Crippen LogP contribution in [0.3, 0.4) is 0 Å². The van der Waals surface area contributed by atoms with Gasteiger partial charge >= 0.3 is 0 Å². The van der Waals surface area contributed by atoms with Crippen molar-refractivity contribution in [2.45, 2.75) is 6.42 Å². The number of benzene rings is 1. The number of aliphatic hydroxyl groups is 1. The van der Waals surface area contributed by atoms with Gasteiger partial charge in [-0.05, 0) is 24.3 Å². The third kappa shape index (κ3) is 2.43. The predicted molar refractivity (Wildman–Crippen MR) is 65.9 cm³/mol. The van der Waals surface area contributed by atoms with Crippen LogP contribution in [0.25, 0.3) is 5.69 Å². The summed E-state index contributed by atoms with van der Waals surface area (Å²) in [6, 6.07) is 7.31. The third-order valence-corrected chi connectivity index (χ3v) is 2.69. The molecule has 2 rings (SSSR count). The van der Waals surface area contributed by atoms with Crippen LogP contribution in [0.15, 0.2) is 30.5 Å². The number of aromatic nitrogens is 2. The summed E-state index contributed by atoms with van der Waals surface area (Å²) in [6.07, 6.45) is 2.22. The molecule has 0 radical (unpaired) electrons. The summed E-state index contributed by atoms with van der Waals surface area (Å²) in [5.41, 5.74) is 1.75. The smallest absolute Gasteiger partial charge is 0.219 e. The molecule has 1 aromatic carbocycles. The molecule has 0 fully saturated rings. The Hall–Kier alpha value is -1.52. The van der Waals surface area contributed by atoms with E-state index < -0.39 is 0 Å². The average Bonchev–Trinajstić information content (AvgIpc) is 2.73. The second kappa shape index (κ2) is 5.21. The van der Waals surface area contributed by atoms with Crippen LogP contribution in [0.2, 0.25) is 5.02 Å². The first-order valence-corrected chi connectivity index (χ1v) is 5.61. The van der Waals surface area contributed by atoms with Gasteiger partial charge in [0.2, 0.25) is 5.88 Å². The molecule has 90 valence electrons. The SMILES string of the molecule is COc1c(CCO)cnn1-c1ccc(Cl)cc1. The molecule has 0 bridgehead atoms. The summed E-state index contributed by atoms with van der Waals surface area (Å²) >= 11 is 5.83. The van der Waals surface area contributed by atoms with Crippen LogP contribution in [0.4, 0.5) is 0 Å². The highest BCUT2D eigenvalue weighted by atomic mass is 35.5. The zero-order valence-corrected chi connectivity index (χ0v) is 10.2. The minimum atomic E-state index is 0.0721. The van der Waals surface area contributed by atoms with E-state index in [-0.39, 0.29) is 6.61 Å². The van der Waals surface area contributed by atoms with E-state index in [0.29, 0.717) is 17.3 Å². The van der Waals surface area contributed by atoms with E-state index in [1.807, 2.05) is 12.1 Å². The number of aliphatic hydroxyl groups excluding tert-OH is 1. The normalized spacial score (nSPS) is 10.5. The number of methoxy groups -OCH3 is 1. The van der Waals surface area contributed by atoms with Crippen molar-refractivity contribution in [2.75, 3.05) is 13.7 Å². The topological polar surface area (TPSA) is 47.3 Å². The molecule has 0 aliphatic rings. The van der Waals surface area contributed by atoms with Crippen molar-refractivity contribution in [3.05, 3.63) is 41.0 Å². The Bertz CT molecular complexity index is 494. The quantitative estimate of drug-likeness (QED) is 0.906. The van der Waals surface area contributed by atoms with Gasteiger partial charge in [-0.3, -0.25) is 0 Å². The number of ether oxygens (including phenoxy) is 1. The first kappa shape index (κ1) is 12.0. The molecule has 0 aliphatic carbocycles. The molecule has 0 unspecified atom stereocenters. The first-order chi connectivity index (χ1) is 8.26. The van der Waals surface area contributed by atoms with Gasteiger partial charge in [-0.1, -0.05) is 11.6 Å². The van der Waals surface area contributed by atoms with Crippen molar-refractivity contribution < 1.29 is 9.84 Å². The Morgan fingerprint density at radius 1 is 1.35 bits per heavy atom. The number of nitrogens with zero attached hydrogens (tertiary/aromatic N) is 2. The summed E-state index contributed by atoms with van der Waals surface area (Å²) in [6.45, 7) is 0.0721. The number of hydrogen-bond acceptors (Lipinski definition) is 3. The number of hydrogen-bond donors (Lipinski definition) is 1. The minimum absolute atomic E-state index is 0.0721. The molecule has 2 aromatic rings. The summed E-state index contributed by atoms with van der Waals surface area (Å²) in [5, 5.41) is 13.9. The van der Waals surface area contributed by atoms with E-state index in [1.165, 1.54) is 0 Å². The maximum Gasteiger partial charge on any atom is 0.219 e. The highest BCUT2D eigenvalue weighted by molar-refractivity contribution is 6.30. The molecule has 0 spiro atoms. The standard InChI is InChI=1S/C12H13ClN2O2/c1-17-12-9(6-7-16)8-14-15(12)11-4-2-10(13)3-5-11/h2-5,8,16H,6-7H2,1H3. The van der Waals surface area contributed by atoms with Gasteiger partial charge in [-0.2, -0.15) is 5.10 Å². The molecule has 1 N–H and O–H groups in total. The molecule has 0 atom stereocenters. The van der Waals surface area contributed by atoms with Crippen LogP contribution in [0.5, 0.6) is 5.88 Å². The van der Waals surface area contributed by atoms with Gasteiger partial charge in [0, 0.05) is 23.6 Å². The van der Waals surface area contributed by atoms with Gasteiger partial charge in [-0.15, -0.1) is 0 Å². The second-order valence-corrected chi connectivity index (χ2v) is 3.98. The van der Waals surface area contributed by atoms with Gasteiger partial charge < -0.3 is 9.84 Å². The van der Waals surface area contributed by atoms with Crippen molar-refractivity contribution in [2.24, 2.45) is 0 Å². The Morgan fingerprint density at radius 3 is 2.65 bits per heavy atom. The lowest BCUT2D eigenvalue weighted by Gasteiger charge is -2.07. The molecule has 0 aliphatic heterocycles. The zero-order chi connectivity index (χ0) is 12.3. The summed E-state index contributed by atoms with van der Waals surface area (Å²) < 4.78 is 6.99. The maximum absolute atomic E-state index is 8.95. The molecule has 5 heteroatoms. The fraction of sp³-hybridized carbons (Fsp3) is 0.250. The summed E-state index contributed by atoms with van der Waals surface area (Å²) in [5.74, 6) is 0.640. The molecule has 17 heavy (non-hydrogen) atoms. The molecule has 1 aromatic heterocycles. The Balaban J connectivity index is 2.41. The predicted octanol–water partition coefficient (Wildman–Crippen LogP) is 2.07. The average molecular weight is 253 g/mol. The van der Waals surface area contributed by atoms with Crippen LogP contribution >= 0.6 is 11.6 Å². The maximum atomic E-state index is 8.95. The lowest BCUT2D eigenvalue weighted by Crippen LogP contribution is -2.01. The fourth-order valence-corrected chi connectivity index (χ4v) is 1.77. The van der Waals surface area contributed by atoms with Crippen molar-refractivity contribution in [3.8, 4) is 11.6 Å². The Labute approximate surface area is 104 Å². The van der Waals surface area contributed by atoms with Gasteiger partial charge in [0.25, 0.3) is 0 Å². The molecule has 0 amide bonds. The molecular formula is C12H13ClN2O2. The third-order valence-electron chi connectivity index (χ3n) is 2.44. The van der Waals surface area contributed by atoms with Crippen LogP contribution in [0.1, 0.15) is 5.56 Å². The van der Waals surface area contributed by atoms with Crippen molar-refractivity contribution >= 4 is 11.6 Å². The van der Waals surface area contributed by atoms with Crippen LogP contribution < -0.4 is 4.74 Å². The molecular weight excluding hydrogens is 240 g/mol. The number of halogens is 1. The Kier molecular flexibility index (Phi) is 3.66. The second-order valence-electron chi connectivity index (χ2n) is 3.54. The van der Waals surface area contributed by atoms with Crippen LogP contribution in [0, 0.1) is 0 Å². The van der Waals surface area contributed by atoms with Crippen molar-refractivity contribution in [3.63, 3.8) is 0 Å². The molecule has 0 saturated carbocycles. The summed E-state index contributed by atoms with van der Waals surface area (Å²) in [7, 11) is 1.59. The van der Waals surface area contributed by atoms with E-state index in [0.717, 1.165) is 11.3 Å². The van der Waals surface area contributed by atoms with Gasteiger partial charge in [0.15, 0.2) is 0 Å². The molecule has 4 nitrogen and oxygen atoms in total. The van der Waals surface area contributed by atoms with Crippen LogP contribution in [-0.4, -0.2) is 28.6 Å². The van der Waals surface area contributed by atoms with Gasteiger partial charge in [0.1, 0.15) is 0 Å². The van der Waals surface area contributed by atoms with Gasteiger partial charge in [0.05, 0.1) is 19.0 Å². The molecule has 0 saturated heterocycles. The van der Waals surface area contributed by atoms with Crippen molar-refractivity contribution in [1.29, 1.82) is 0 Å². The highest BCUT2D eigenvalue weighted by Gasteiger charge is 2.12.